The van der Waals surface area contributed by atoms with Crippen LogP contribution in [0, 0.1) is 17.5 Å². The van der Waals surface area contributed by atoms with Crippen LogP contribution in [0.5, 0.6) is 0 Å². The first-order chi connectivity index (χ1) is 17.3. The van der Waals surface area contributed by atoms with Crippen LogP contribution < -0.4 is 5.69 Å². The number of halogens is 3. The lowest BCUT2D eigenvalue weighted by Gasteiger charge is -2.34. The number of nitrogens with zero attached hydrogens (tertiary/aromatic N) is 7. The van der Waals surface area contributed by atoms with Crippen molar-refractivity contribution in [3.63, 3.8) is 0 Å². The maximum atomic E-state index is 14.8. The van der Waals surface area contributed by atoms with Gasteiger partial charge in [-0.2, -0.15) is 10.2 Å². The Morgan fingerprint density at radius 1 is 0.972 bits per heavy atom. The largest absolute Gasteiger partial charge is 0.381 e. The quantitative estimate of drug-likeness (QED) is 0.375. The smallest absolute Gasteiger partial charge is 0.337 e. The van der Waals surface area contributed by atoms with Gasteiger partial charge in [0.1, 0.15) is 35.7 Å². The van der Waals surface area contributed by atoms with Gasteiger partial charge in [-0.05, 0) is 37.3 Å². The van der Waals surface area contributed by atoms with Gasteiger partial charge < -0.3 is 5.11 Å². The Labute approximate surface area is 202 Å². The molecule has 3 aromatic heterocycles. The number of hydrogen-bond donors (Lipinski definition) is 1. The summed E-state index contributed by atoms with van der Waals surface area (Å²) < 4.78 is 47.1. The summed E-state index contributed by atoms with van der Waals surface area (Å²) in [5, 5.41) is 20.0. The van der Waals surface area contributed by atoms with E-state index in [1.165, 1.54) is 86.3 Å². The first kappa shape index (κ1) is 23.3. The van der Waals surface area contributed by atoms with Crippen molar-refractivity contribution in [3.8, 4) is 11.4 Å². The molecule has 184 valence electrons. The van der Waals surface area contributed by atoms with Crippen molar-refractivity contribution in [3.05, 3.63) is 113 Å². The van der Waals surface area contributed by atoms with Crippen molar-refractivity contribution in [1.29, 1.82) is 0 Å². The predicted molar refractivity (Wildman–Crippen MR) is 122 cm³/mol. The van der Waals surface area contributed by atoms with Gasteiger partial charge in [0.25, 0.3) is 0 Å². The van der Waals surface area contributed by atoms with E-state index in [0.29, 0.717) is 17.4 Å². The molecule has 9 nitrogen and oxygen atoms in total. The van der Waals surface area contributed by atoms with Crippen LogP contribution in [0.2, 0.25) is 0 Å². The molecule has 3 heterocycles. The Hall–Kier alpha value is -4.45. The monoisotopic (exact) mass is 495 g/mol. The molecule has 5 rings (SSSR count). The molecule has 2 aromatic carbocycles. The van der Waals surface area contributed by atoms with Gasteiger partial charge in [0.05, 0.1) is 30.2 Å². The molecule has 12 heteroatoms. The van der Waals surface area contributed by atoms with E-state index in [2.05, 4.69) is 15.2 Å². The summed E-state index contributed by atoms with van der Waals surface area (Å²) >= 11 is 0. The van der Waals surface area contributed by atoms with E-state index in [-0.39, 0.29) is 12.1 Å². The van der Waals surface area contributed by atoms with Crippen LogP contribution in [0.3, 0.4) is 0 Å². The summed E-state index contributed by atoms with van der Waals surface area (Å²) in [7, 11) is 0. The van der Waals surface area contributed by atoms with Gasteiger partial charge in [-0.25, -0.2) is 27.6 Å². The number of aromatic nitrogens is 7. The third-order valence-electron chi connectivity index (χ3n) is 6.10. The Bertz CT molecular complexity index is 1560. The van der Waals surface area contributed by atoms with Crippen LogP contribution in [-0.2, 0) is 12.1 Å². The van der Waals surface area contributed by atoms with Gasteiger partial charge in [-0.15, -0.1) is 0 Å². The fourth-order valence-electron chi connectivity index (χ4n) is 4.10. The first-order valence-corrected chi connectivity index (χ1v) is 10.9. The maximum Gasteiger partial charge on any atom is 0.337 e. The summed E-state index contributed by atoms with van der Waals surface area (Å²) in [6.45, 7) is 1.41. The number of hydrogen-bond acceptors (Lipinski definition) is 5. The van der Waals surface area contributed by atoms with Crippen molar-refractivity contribution in [2.45, 2.75) is 25.1 Å². The Morgan fingerprint density at radius 2 is 1.67 bits per heavy atom. The highest BCUT2D eigenvalue weighted by molar-refractivity contribution is 5.34. The van der Waals surface area contributed by atoms with Gasteiger partial charge in [0.15, 0.2) is 0 Å². The van der Waals surface area contributed by atoms with Gasteiger partial charge in [0.2, 0.25) is 0 Å². The van der Waals surface area contributed by atoms with E-state index in [9.17, 15) is 23.1 Å². The molecule has 5 aromatic rings. The van der Waals surface area contributed by atoms with Crippen molar-refractivity contribution in [2.24, 2.45) is 0 Å². The van der Waals surface area contributed by atoms with Crippen LogP contribution in [0.25, 0.3) is 11.4 Å². The van der Waals surface area contributed by atoms with Crippen LogP contribution in [0.1, 0.15) is 18.5 Å². The summed E-state index contributed by atoms with van der Waals surface area (Å²) in [4.78, 5) is 16.8. The van der Waals surface area contributed by atoms with Crippen LogP contribution in [-0.4, -0.2) is 38.8 Å². The van der Waals surface area contributed by atoms with Gasteiger partial charge in [-0.3, -0.25) is 13.8 Å². The lowest BCUT2D eigenvalue weighted by atomic mass is 9.86. The normalized spacial score (nSPS) is 14.0. The molecule has 0 fully saturated rings. The Balaban J connectivity index is 1.51. The summed E-state index contributed by atoms with van der Waals surface area (Å²) in [6.07, 6.45) is 8.64. The lowest BCUT2D eigenvalue weighted by molar-refractivity contribution is -0.0368. The fraction of sp³-hybridized carbons (Fsp3) is 0.167. The van der Waals surface area contributed by atoms with Crippen molar-refractivity contribution in [1.82, 2.24) is 33.7 Å². The Morgan fingerprint density at radius 3 is 2.33 bits per heavy atom. The number of aliphatic hydroxyl groups is 1. The zero-order valence-electron chi connectivity index (χ0n) is 18.9. The average molecular weight is 495 g/mol. The molecular weight excluding hydrogens is 475 g/mol. The van der Waals surface area contributed by atoms with Gasteiger partial charge in [0, 0.05) is 30.2 Å². The minimum Gasteiger partial charge on any atom is -0.381 e. The number of imidazole rings is 1. The topological polar surface area (TPSA) is 95.7 Å². The molecule has 0 aliphatic rings. The van der Waals surface area contributed by atoms with E-state index in [1.807, 2.05) is 0 Å². The Kier molecular flexibility index (Phi) is 5.80. The van der Waals surface area contributed by atoms with E-state index in [1.54, 1.807) is 6.92 Å². The van der Waals surface area contributed by atoms with Crippen LogP contribution >= 0.6 is 0 Å². The van der Waals surface area contributed by atoms with E-state index in [0.717, 1.165) is 6.07 Å². The van der Waals surface area contributed by atoms with Gasteiger partial charge >= 0.3 is 5.69 Å². The second kappa shape index (κ2) is 8.96. The average Bonchev–Trinajstić information content (AvgIpc) is 3.60. The fourth-order valence-corrected chi connectivity index (χ4v) is 4.10. The lowest BCUT2D eigenvalue weighted by Crippen LogP contribution is -2.40. The molecular formula is C24H20F3N7O2. The number of rotatable bonds is 7. The molecule has 0 saturated heterocycles. The molecule has 2 atom stereocenters. The zero-order chi connectivity index (χ0) is 25.4. The molecule has 0 bridgehead atoms. The molecule has 0 radical (unpaired) electrons. The molecule has 36 heavy (non-hydrogen) atoms. The summed E-state index contributed by atoms with van der Waals surface area (Å²) in [6, 6.07) is 7.51. The SMILES string of the molecule is C[C@@H](n1cc(-n2ccn(-c3ccc(F)cc3)c2=O)cn1)[C@](O)(Cn1cncn1)c1ccc(F)cc1F. The van der Waals surface area contributed by atoms with Gasteiger partial charge in [-0.1, -0.05) is 6.07 Å². The third-order valence-corrected chi connectivity index (χ3v) is 6.10. The highest BCUT2D eigenvalue weighted by Gasteiger charge is 2.41. The van der Waals surface area contributed by atoms with Crippen LogP contribution in [0.4, 0.5) is 13.2 Å². The van der Waals surface area contributed by atoms with Crippen LogP contribution in [0.15, 0.2) is 84.7 Å². The molecule has 0 aliphatic heterocycles. The molecule has 0 saturated carbocycles. The molecule has 0 unspecified atom stereocenters. The van der Waals surface area contributed by atoms with Crippen molar-refractivity contribution < 1.29 is 18.3 Å². The molecule has 0 aliphatic carbocycles. The van der Waals surface area contributed by atoms with E-state index >= 15 is 0 Å². The standard InChI is InChI=1S/C24H20F3N7O2/c1-16(24(36,13-31-15-28-14-30-31)21-7-4-18(26)10-22(21)27)34-12-20(11-29-34)33-9-8-32(23(33)35)19-5-2-17(25)3-6-19/h2-12,14-16,36H,13H2,1H3/t16-,24-/m1/s1. The molecule has 1 N–H and O–H groups in total. The second-order valence-electron chi connectivity index (χ2n) is 8.29. The minimum atomic E-state index is -1.92. The van der Waals surface area contributed by atoms with Crippen molar-refractivity contribution >= 4 is 0 Å². The highest BCUT2D eigenvalue weighted by atomic mass is 19.1. The highest BCUT2D eigenvalue weighted by Crippen LogP contribution is 2.36. The number of benzene rings is 2. The summed E-state index contributed by atoms with van der Waals surface area (Å²) in [5.74, 6) is -2.12. The van der Waals surface area contributed by atoms with E-state index in [4.69, 9.17) is 0 Å². The second-order valence-corrected chi connectivity index (χ2v) is 8.29. The summed E-state index contributed by atoms with van der Waals surface area (Å²) in [5.41, 5.74) is -1.62. The van der Waals surface area contributed by atoms with Crippen molar-refractivity contribution in [2.75, 3.05) is 0 Å². The zero-order valence-corrected chi connectivity index (χ0v) is 18.9. The maximum absolute atomic E-state index is 14.8. The van der Waals surface area contributed by atoms with E-state index < -0.39 is 34.8 Å². The molecule has 0 amide bonds. The first-order valence-electron chi connectivity index (χ1n) is 10.9. The molecule has 0 spiro atoms. The minimum absolute atomic E-state index is 0.149. The predicted octanol–water partition coefficient (Wildman–Crippen LogP) is 2.98. The third kappa shape index (κ3) is 4.11.